The lowest BCUT2D eigenvalue weighted by atomic mass is 9.93. The van der Waals surface area contributed by atoms with Crippen LogP contribution in [0.5, 0.6) is 0 Å². The molecule has 6 heteroatoms. The first-order chi connectivity index (χ1) is 11.6. The molecule has 1 aliphatic rings. The van der Waals surface area contributed by atoms with Gasteiger partial charge in [-0.05, 0) is 49.5 Å². The average molecular weight is 328 g/mol. The molecule has 6 nitrogen and oxygen atoms in total. The van der Waals surface area contributed by atoms with Crippen LogP contribution in [0.15, 0.2) is 28.8 Å². The number of likely N-dealkylation sites (tertiary alicyclic amines) is 1. The summed E-state index contributed by atoms with van der Waals surface area (Å²) in [6.07, 6.45) is 3.24. The van der Waals surface area contributed by atoms with Crippen LogP contribution >= 0.6 is 0 Å². The van der Waals surface area contributed by atoms with Crippen LogP contribution in [-0.2, 0) is 17.8 Å². The number of aryl methyl sites for hydroxylation is 1. The topological polar surface area (TPSA) is 71.3 Å². The molecule has 1 aromatic heterocycles. The zero-order chi connectivity index (χ0) is 16.9. The van der Waals surface area contributed by atoms with Gasteiger partial charge in [0.2, 0.25) is 11.8 Å². The number of carbonyl (C=O) groups excluding carboxylic acids is 1. The zero-order valence-electron chi connectivity index (χ0n) is 14.3. The molecular weight excluding hydrogens is 304 g/mol. The van der Waals surface area contributed by atoms with Crippen molar-refractivity contribution < 1.29 is 9.32 Å². The second-order valence-corrected chi connectivity index (χ2v) is 6.53. The van der Waals surface area contributed by atoms with Crippen LogP contribution in [0, 0.1) is 12.8 Å². The molecule has 128 valence electrons. The number of piperidine rings is 1. The Morgan fingerprint density at radius 3 is 2.58 bits per heavy atom. The Hall–Kier alpha value is -2.21. The van der Waals surface area contributed by atoms with Gasteiger partial charge in [-0.15, -0.1) is 0 Å². The smallest absolute Gasteiger partial charge is 0.223 e. The fourth-order valence-corrected chi connectivity index (χ4v) is 3.19. The first kappa shape index (κ1) is 16.6. The van der Waals surface area contributed by atoms with E-state index in [2.05, 4.69) is 32.5 Å². The molecule has 2 aromatic rings. The van der Waals surface area contributed by atoms with Crippen LogP contribution in [0.2, 0.25) is 0 Å². The summed E-state index contributed by atoms with van der Waals surface area (Å²) >= 11 is 0. The number of hydrogen-bond acceptors (Lipinski definition) is 5. The molecule has 0 radical (unpaired) electrons. The van der Waals surface area contributed by atoms with E-state index >= 15 is 0 Å². The Balaban J connectivity index is 1.45. The molecular formula is C18H24N4O2. The predicted octanol–water partition coefficient (Wildman–Crippen LogP) is 2.79. The summed E-state index contributed by atoms with van der Waals surface area (Å²) in [4.78, 5) is 17.8. The van der Waals surface area contributed by atoms with E-state index in [1.807, 2.05) is 19.1 Å². The van der Waals surface area contributed by atoms with Crippen LogP contribution in [0.1, 0.15) is 37.0 Å². The molecule has 1 aliphatic heterocycles. The molecule has 0 unspecified atom stereocenters. The van der Waals surface area contributed by atoms with Crippen molar-refractivity contribution in [2.75, 3.05) is 18.4 Å². The fourth-order valence-electron chi connectivity index (χ4n) is 3.19. The number of carbonyl (C=O) groups is 1. The van der Waals surface area contributed by atoms with E-state index in [0.717, 1.165) is 50.4 Å². The van der Waals surface area contributed by atoms with Gasteiger partial charge in [-0.2, -0.15) is 4.98 Å². The third-order valence-electron chi connectivity index (χ3n) is 4.43. The van der Waals surface area contributed by atoms with Crippen molar-refractivity contribution in [3.05, 3.63) is 41.5 Å². The van der Waals surface area contributed by atoms with E-state index in [0.29, 0.717) is 11.8 Å². The number of benzene rings is 1. The fraction of sp³-hybridized carbons (Fsp3) is 0.500. The molecule has 1 saturated heterocycles. The number of rotatable bonds is 5. The minimum atomic E-state index is -0.0402. The molecule has 0 atom stereocenters. The SMILES string of the molecule is CC(=O)Nc1ccc(CN2CCC(Cc3noc(C)n3)CC2)cc1. The Morgan fingerprint density at radius 2 is 2.00 bits per heavy atom. The van der Waals surface area contributed by atoms with Crippen LogP contribution in [0.4, 0.5) is 5.69 Å². The highest BCUT2D eigenvalue weighted by Crippen LogP contribution is 2.22. The molecule has 1 aromatic carbocycles. The molecule has 0 saturated carbocycles. The van der Waals surface area contributed by atoms with Gasteiger partial charge in [0.15, 0.2) is 5.82 Å². The molecule has 24 heavy (non-hydrogen) atoms. The monoisotopic (exact) mass is 328 g/mol. The number of amides is 1. The number of nitrogens with one attached hydrogen (secondary N) is 1. The Bertz CT molecular complexity index is 673. The Kier molecular flexibility index (Phi) is 5.25. The van der Waals surface area contributed by atoms with Crippen LogP contribution < -0.4 is 5.32 Å². The zero-order valence-corrected chi connectivity index (χ0v) is 14.3. The predicted molar refractivity (Wildman–Crippen MR) is 91.5 cm³/mol. The van der Waals surface area contributed by atoms with Crippen molar-refractivity contribution in [1.82, 2.24) is 15.0 Å². The van der Waals surface area contributed by atoms with Crippen molar-refractivity contribution in [2.45, 2.75) is 39.7 Å². The standard InChI is InChI=1S/C18H24N4O2/c1-13(23)19-17-5-3-16(4-6-17)12-22-9-7-15(8-10-22)11-18-20-14(2)24-21-18/h3-6,15H,7-12H2,1-2H3,(H,19,23). The van der Waals surface area contributed by atoms with Gasteiger partial charge in [-0.3, -0.25) is 9.69 Å². The van der Waals surface area contributed by atoms with Gasteiger partial charge in [-0.25, -0.2) is 0 Å². The highest BCUT2D eigenvalue weighted by atomic mass is 16.5. The van der Waals surface area contributed by atoms with Gasteiger partial charge in [0.25, 0.3) is 0 Å². The molecule has 1 amide bonds. The summed E-state index contributed by atoms with van der Waals surface area (Å²) in [6.45, 7) is 6.49. The molecule has 1 N–H and O–H groups in total. The summed E-state index contributed by atoms with van der Waals surface area (Å²) < 4.78 is 5.04. The minimum absolute atomic E-state index is 0.0402. The number of hydrogen-bond donors (Lipinski definition) is 1. The highest BCUT2D eigenvalue weighted by Gasteiger charge is 2.21. The molecule has 0 spiro atoms. The van der Waals surface area contributed by atoms with Gasteiger partial charge in [-0.1, -0.05) is 17.3 Å². The van der Waals surface area contributed by atoms with Crippen LogP contribution in [0.3, 0.4) is 0 Å². The van der Waals surface area contributed by atoms with E-state index in [4.69, 9.17) is 4.52 Å². The second-order valence-electron chi connectivity index (χ2n) is 6.53. The van der Waals surface area contributed by atoms with E-state index < -0.39 is 0 Å². The van der Waals surface area contributed by atoms with Crippen LogP contribution in [-0.4, -0.2) is 34.0 Å². The Morgan fingerprint density at radius 1 is 1.29 bits per heavy atom. The quantitative estimate of drug-likeness (QED) is 0.914. The maximum absolute atomic E-state index is 11.0. The summed E-state index contributed by atoms with van der Waals surface area (Å²) in [5.41, 5.74) is 2.12. The van der Waals surface area contributed by atoms with Gasteiger partial charge in [0, 0.05) is 32.5 Å². The Labute approximate surface area is 142 Å². The van der Waals surface area contributed by atoms with Gasteiger partial charge < -0.3 is 9.84 Å². The van der Waals surface area contributed by atoms with E-state index in [1.165, 1.54) is 12.5 Å². The molecule has 1 fully saturated rings. The number of anilines is 1. The molecule has 3 rings (SSSR count). The van der Waals surface area contributed by atoms with Gasteiger partial charge in [0.1, 0.15) is 0 Å². The van der Waals surface area contributed by atoms with Crippen molar-refractivity contribution in [1.29, 1.82) is 0 Å². The minimum Gasteiger partial charge on any atom is -0.340 e. The lowest BCUT2D eigenvalue weighted by Crippen LogP contribution is -2.34. The normalized spacial score (nSPS) is 16.2. The van der Waals surface area contributed by atoms with Gasteiger partial charge in [0.05, 0.1) is 0 Å². The molecule has 0 bridgehead atoms. The van der Waals surface area contributed by atoms with E-state index in [-0.39, 0.29) is 5.91 Å². The first-order valence-electron chi connectivity index (χ1n) is 8.46. The lowest BCUT2D eigenvalue weighted by Gasteiger charge is -2.31. The third kappa shape index (κ3) is 4.64. The third-order valence-corrected chi connectivity index (χ3v) is 4.43. The first-order valence-corrected chi connectivity index (χ1v) is 8.46. The van der Waals surface area contributed by atoms with Crippen LogP contribution in [0.25, 0.3) is 0 Å². The van der Waals surface area contributed by atoms with Crippen molar-refractivity contribution in [3.8, 4) is 0 Å². The molecule has 0 aliphatic carbocycles. The summed E-state index contributed by atoms with van der Waals surface area (Å²) in [7, 11) is 0. The summed E-state index contributed by atoms with van der Waals surface area (Å²) in [5, 5.41) is 6.79. The van der Waals surface area contributed by atoms with Crippen molar-refractivity contribution >= 4 is 11.6 Å². The maximum Gasteiger partial charge on any atom is 0.223 e. The number of aromatic nitrogens is 2. The maximum atomic E-state index is 11.0. The average Bonchev–Trinajstić information content (AvgIpc) is 2.96. The van der Waals surface area contributed by atoms with Crippen molar-refractivity contribution in [2.24, 2.45) is 5.92 Å². The summed E-state index contributed by atoms with van der Waals surface area (Å²) in [5.74, 6) is 2.08. The largest absolute Gasteiger partial charge is 0.340 e. The number of nitrogens with zero attached hydrogens (tertiary/aromatic N) is 3. The van der Waals surface area contributed by atoms with Gasteiger partial charge >= 0.3 is 0 Å². The van der Waals surface area contributed by atoms with Crippen molar-refractivity contribution in [3.63, 3.8) is 0 Å². The second kappa shape index (κ2) is 7.57. The highest BCUT2D eigenvalue weighted by molar-refractivity contribution is 5.88. The lowest BCUT2D eigenvalue weighted by molar-refractivity contribution is -0.114. The van der Waals surface area contributed by atoms with E-state index in [1.54, 1.807) is 0 Å². The summed E-state index contributed by atoms with van der Waals surface area (Å²) in [6, 6.07) is 8.09. The van der Waals surface area contributed by atoms with E-state index in [9.17, 15) is 4.79 Å². The molecule has 2 heterocycles.